The standard InChI is InChI=1S/C21H28N2S/c1-2-3-4-5-12-17-22-21(24)23-20(18-13-8-6-9-14-18)19-15-10-7-11-16-19/h6-11,13-16,20H,2-5,12,17H2,1H3,(H2,22,23,24). The van der Waals surface area contributed by atoms with Crippen LogP contribution in [0, 0.1) is 0 Å². The van der Waals surface area contributed by atoms with Crippen LogP contribution in [0.1, 0.15) is 56.2 Å². The number of hydrogen-bond donors (Lipinski definition) is 2. The predicted octanol–water partition coefficient (Wildman–Crippen LogP) is 5.21. The Bertz CT molecular complexity index is 544. The lowest BCUT2D eigenvalue weighted by Crippen LogP contribution is -2.38. The average Bonchev–Trinajstić information content (AvgIpc) is 2.64. The van der Waals surface area contributed by atoms with E-state index in [-0.39, 0.29) is 6.04 Å². The molecule has 0 radical (unpaired) electrons. The van der Waals surface area contributed by atoms with E-state index in [4.69, 9.17) is 12.2 Å². The molecule has 0 atom stereocenters. The summed E-state index contributed by atoms with van der Waals surface area (Å²) in [7, 11) is 0. The van der Waals surface area contributed by atoms with Crippen LogP contribution in [0.25, 0.3) is 0 Å². The van der Waals surface area contributed by atoms with Gasteiger partial charge in [-0.2, -0.15) is 0 Å². The van der Waals surface area contributed by atoms with Gasteiger partial charge in [-0.15, -0.1) is 0 Å². The summed E-state index contributed by atoms with van der Waals surface area (Å²) in [4.78, 5) is 0. The van der Waals surface area contributed by atoms with Crippen molar-refractivity contribution in [1.82, 2.24) is 10.6 Å². The topological polar surface area (TPSA) is 24.1 Å². The molecule has 0 aliphatic carbocycles. The number of benzene rings is 2. The molecule has 2 aromatic rings. The maximum atomic E-state index is 5.51. The van der Waals surface area contributed by atoms with Crippen molar-refractivity contribution in [2.45, 2.75) is 45.1 Å². The Morgan fingerprint density at radius 3 is 1.92 bits per heavy atom. The minimum absolute atomic E-state index is 0.0764. The highest BCUT2D eigenvalue weighted by molar-refractivity contribution is 7.80. The molecule has 0 saturated carbocycles. The van der Waals surface area contributed by atoms with Gasteiger partial charge in [0.2, 0.25) is 0 Å². The molecule has 0 unspecified atom stereocenters. The van der Waals surface area contributed by atoms with Gasteiger partial charge in [0.15, 0.2) is 5.11 Å². The molecule has 128 valence electrons. The van der Waals surface area contributed by atoms with E-state index in [0.29, 0.717) is 0 Å². The molecule has 2 rings (SSSR count). The van der Waals surface area contributed by atoms with Crippen molar-refractivity contribution in [1.29, 1.82) is 0 Å². The zero-order chi connectivity index (χ0) is 17.0. The van der Waals surface area contributed by atoms with Gasteiger partial charge in [0, 0.05) is 6.54 Å². The second-order valence-electron chi connectivity index (χ2n) is 6.07. The third-order valence-electron chi connectivity index (χ3n) is 4.11. The summed E-state index contributed by atoms with van der Waals surface area (Å²) < 4.78 is 0. The number of nitrogens with one attached hydrogen (secondary N) is 2. The van der Waals surface area contributed by atoms with E-state index in [1.807, 2.05) is 12.1 Å². The van der Waals surface area contributed by atoms with Gasteiger partial charge in [-0.3, -0.25) is 0 Å². The highest BCUT2D eigenvalue weighted by Crippen LogP contribution is 2.21. The molecule has 24 heavy (non-hydrogen) atoms. The largest absolute Gasteiger partial charge is 0.363 e. The molecule has 0 heterocycles. The zero-order valence-electron chi connectivity index (χ0n) is 14.5. The zero-order valence-corrected chi connectivity index (χ0v) is 15.3. The molecule has 0 aromatic heterocycles. The molecular weight excluding hydrogens is 312 g/mol. The van der Waals surface area contributed by atoms with E-state index >= 15 is 0 Å². The van der Waals surface area contributed by atoms with E-state index in [0.717, 1.165) is 11.7 Å². The fourth-order valence-corrected chi connectivity index (χ4v) is 2.98. The Morgan fingerprint density at radius 2 is 1.38 bits per heavy atom. The van der Waals surface area contributed by atoms with Crippen molar-refractivity contribution in [3.8, 4) is 0 Å². The molecule has 0 fully saturated rings. The van der Waals surface area contributed by atoms with E-state index in [2.05, 4.69) is 66.1 Å². The maximum Gasteiger partial charge on any atom is 0.167 e. The third kappa shape index (κ3) is 6.32. The summed E-state index contributed by atoms with van der Waals surface area (Å²) in [5.41, 5.74) is 2.44. The fourth-order valence-electron chi connectivity index (χ4n) is 2.76. The first-order chi connectivity index (χ1) is 11.8. The van der Waals surface area contributed by atoms with Gasteiger partial charge in [-0.25, -0.2) is 0 Å². The summed E-state index contributed by atoms with van der Waals surface area (Å²) in [6.45, 7) is 3.18. The van der Waals surface area contributed by atoms with Crippen molar-refractivity contribution < 1.29 is 0 Å². The van der Waals surface area contributed by atoms with Crippen LogP contribution >= 0.6 is 12.2 Å². The third-order valence-corrected chi connectivity index (χ3v) is 4.37. The number of thiocarbonyl (C=S) groups is 1. The Hall–Kier alpha value is -1.87. The van der Waals surface area contributed by atoms with Gasteiger partial charge in [0.25, 0.3) is 0 Å². The number of rotatable bonds is 9. The molecule has 0 aliphatic rings. The minimum Gasteiger partial charge on any atom is -0.363 e. The Kier molecular flexibility index (Phi) is 8.33. The van der Waals surface area contributed by atoms with Crippen LogP contribution in [-0.4, -0.2) is 11.7 Å². The smallest absolute Gasteiger partial charge is 0.167 e. The summed E-state index contributed by atoms with van der Waals surface area (Å²) in [6, 6.07) is 21.0. The molecular formula is C21H28N2S. The molecule has 0 amide bonds. The molecule has 0 saturated heterocycles. The molecule has 2 nitrogen and oxygen atoms in total. The van der Waals surface area contributed by atoms with Crippen LogP contribution in [0.5, 0.6) is 0 Å². The van der Waals surface area contributed by atoms with E-state index in [1.54, 1.807) is 0 Å². The van der Waals surface area contributed by atoms with Crippen molar-refractivity contribution >= 4 is 17.3 Å². The molecule has 0 spiro atoms. The molecule has 3 heteroatoms. The van der Waals surface area contributed by atoms with Crippen LogP contribution < -0.4 is 10.6 Å². The quantitative estimate of drug-likeness (QED) is 0.484. The Morgan fingerprint density at radius 1 is 0.833 bits per heavy atom. The van der Waals surface area contributed by atoms with Gasteiger partial charge < -0.3 is 10.6 Å². The van der Waals surface area contributed by atoms with E-state index in [9.17, 15) is 0 Å². The van der Waals surface area contributed by atoms with Gasteiger partial charge in [-0.1, -0.05) is 93.3 Å². The first-order valence-corrected chi connectivity index (χ1v) is 9.36. The van der Waals surface area contributed by atoms with Gasteiger partial charge in [0.05, 0.1) is 6.04 Å². The van der Waals surface area contributed by atoms with Crippen molar-refractivity contribution in [3.63, 3.8) is 0 Å². The van der Waals surface area contributed by atoms with Gasteiger partial charge in [-0.05, 0) is 29.8 Å². The second-order valence-corrected chi connectivity index (χ2v) is 6.48. The van der Waals surface area contributed by atoms with Crippen molar-refractivity contribution in [2.75, 3.05) is 6.54 Å². The Balaban J connectivity index is 1.90. The van der Waals surface area contributed by atoms with Crippen molar-refractivity contribution in [2.24, 2.45) is 0 Å². The lowest BCUT2D eigenvalue weighted by molar-refractivity contribution is 0.619. The summed E-state index contributed by atoms with van der Waals surface area (Å²) >= 11 is 5.51. The summed E-state index contributed by atoms with van der Waals surface area (Å²) in [5, 5.41) is 7.55. The first-order valence-electron chi connectivity index (χ1n) is 8.95. The SMILES string of the molecule is CCCCCCCNC(=S)NC(c1ccccc1)c1ccccc1. The Labute approximate surface area is 151 Å². The van der Waals surface area contributed by atoms with Crippen LogP contribution in [0.4, 0.5) is 0 Å². The minimum atomic E-state index is 0.0764. The van der Waals surface area contributed by atoms with Crippen LogP contribution in [0.2, 0.25) is 0 Å². The normalized spacial score (nSPS) is 10.6. The summed E-state index contributed by atoms with van der Waals surface area (Å²) in [5.74, 6) is 0. The molecule has 0 aliphatic heterocycles. The van der Waals surface area contributed by atoms with Gasteiger partial charge in [0.1, 0.15) is 0 Å². The highest BCUT2D eigenvalue weighted by Gasteiger charge is 2.14. The predicted molar refractivity (Wildman–Crippen MR) is 107 cm³/mol. The number of unbranched alkanes of at least 4 members (excludes halogenated alkanes) is 4. The average molecular weight is 341 g/mol. The summed E-state index contributed by atoms with van der Waals surface area (Å²) in [6.07, 6.45) is 6.36. The molecule has 2 N–H and O–H groups in total. The van der Waals surface area contributed by atoms with Crippen molar-refractivity contribution in [3.05, 3.63) is 71.8 Å². The first kappa shape index (κ1) is 18.5. The van der Waals surface area contributed by atoms with E-state index < -0.39 is 0 Å². The number of hydrogen-bond acceptors (Lipinski definition) is 1. The fraction of sp³-hybridized carbons (Fsp3) is 0.381. The van der Waals surface area contributed by atoms with Crippen LogP contribution in [-0.2, 0) is 0 Å². The van der Waals surface area contributed by atoms with Crippen LogP contribution in [0.3, 0.4) is 0 Å². The lowest BCUT2D eigenvalue weighted by Gasteiger charge is -2.22. The van der Waals surface area contributed by atoms with Gasteiger partial charge >= 0.3 is 0 Å². The van der Waals surface area contributed by atoms with Crippen LogP contribution in [0.15, 0.2) is 60.7 Å². The van der Waals surface area contributed by atoms with E-state index in [1.165, 1.54) is 43.2 Å². The second kappa shape index (κ2) is 10.8. The molecule has 0 bridgehead atoms. The highest BCUT2D eigenvalue weighted by atomic mass is 32.1. The lowest BCUT2D eigenvalue weighted by atomic mass is 9.99. The monoisotopic (exact) mass is 340 g/mol. The maximum absolute atomic E-state index is 5.51. The molecule has 2 aromatic carbocycles.